The largest absolute Gasteiger partial charge is 0.444 e. The molecule has 0 aromatic rings. The van der Waals surface area contributed by atoms with E-state index in [1.54, 1.807) is 4.90 Å². The summed E-state index contributed by atoms with van der Waals surface area (Å²) in [5.74, 6) is 0. The van der Waals surface area contributed by atoms with E-state index in [-0.39, 0.29) is 12.2 Å². The first kappa shape index (κ1) is 15.0. The molecule has 1 saturated heterocycles. The van der Waals surface area contributed by atoms with Crippen molar-refractivity contribution in [2.24, 2.45) is 0 Å². The molecule has 1 aliphatic rings. The highest BCUT2D eigenvalue weighted by atomic mass is 127. The summed E-state index contributed by atoms with van der Waals surface area (Å²) in [5, 5.41) is 0. The third-order valence-electron chi connectivity index (χ3n) is 2.39. The van der Waals surface area contributed by atoms with Gasteiger partial charge in [0.2, 0.25) is 0 Å². The first-order valence-electron chi connectivity index (χ1n) is 6.07. The van der Waals surface area contributed by atoms with Crippen LogP contribution in [0.4, 0.5) is 4.79 Å². The number of amides is 1. The molecule has 17 heavy (non-hydrogen) atoms. The molecule has 2 atom stereocenters. The zero-order chi connectivity index (χ0) is 13.1. The van der Waals surface area contributed by atoms with Crippen molar-refractivity contribution in [2.75, 3.05) is 19.7 Å². The molecule has 1 fully saturated rings. The molecule has 0 aromatic carbocycles. The maximum atomic E-state index is 11.9. The Morgan fingerprint density at radius 3 is 2.59 bits per heavy atom. The van der Waals surface area contributed by atoms with Crippen LogP contribution >= 0.6 is 22.6 Å². The number of halogens is 1. The fraction of sp³-hybridized carbons (Fsp3) is 0.917. The number of likely N-dealkylation sites (tertiary alicyclic amines) is 1. The van der Waals surface area contributed by atoms with E-state index in [2.05, 4.69) is 29.5 Å². The van der Waals surface area contributed by atoms with Gasteiger partial charge in [-0.1, -0.05) is 29.5 Å². The Kier molecular flexibility index (Phi) is 5.50. The normalized spacial score (nSPS) is 25.1. The zero-order valence-electron chi connectivity index (χ0n) is 11.0. The molecule has 0 spiro atoms. The van der Waals surface area contributed by atoms with Gasteiger partial charge in [0.15, 0.2) is 0 Å². The molecule has 4 nitrogen and oxygen atoms in total. The average Bonchev–Trinajstić information content (AvgIpc) is 2.54. The minimum Gasteiger partial charge on any atom is -0.444 e. The van der Waals surface area contributed by atoms with Gasteiger partial charge in [-0.05, 0) is 27.2 Å². The minimum absolute atomic E-state index is 0.142. The fourth-order valence-electron chi connectivity index (χ4n) is 1.64. The summed E-state index contributed by atoms with van der Waals surface area (Å²) in [6.45, 7) is 9.84. The topological polar surface area (TPSA) is 38.8 Å². The molecule has 0 saturated carbocycles. The second kappa shape index (κ2) is 6.22. The molecule has 1 rings (SSSR count). The minimum atomic E-state index is -0.430. The molecule has 5 heteroatoms. The van der Waals surface area contributed by atoms with Crippen LogP contribution in [0, 0.1) is 0 Å². The third kappa shape index (κ3) is 4.99. The van der Waals surface area contributed by atoms with Crippen molar-refractivity contribution >= 4 is 28.7 Å². The summed E-state index contributed by atoms with van der Waals surface area (Å²) in [6, 6.07) is 0. The number of hydrogen-bond donors (Lipinski definition) is 0. The summed E-state index contributed by atoms with van der Waals surface area (Å²) in [6.07, 6.45) is 0.914. The Hall–Kier alpha value is -0.0400. The lowest BCUT2D eigenvalue weighted by Crippen LogP contribution is -2.36. The highest BCUT2D eigenvalue weighted by Crippen LogP contribution is 2.23. The van der Waals surface area contributed by atoms with E-state index in [0.717, 1.165) is 13.0 Å². The lowest BCUT2D eigenvalue weighted by molar-refractivity contribution is 0.0214. The van der Waals surface area contributed by atoms with E-state index in [0.29, 0.717) is 17.0 Å². The van der Waals surface area contributed by atoms with Gasteiger partial charge in [0.1, 0.15) is 5.60 Å². The van der Waals surface area contributed by atoms with Gasteiger partial charge in [0, 0.05) is 13.2 Å². The second-order valence-corrected chi connectivity index (χ2v) is 6.91. The van der Waals surface area contributed by atoms with Crippen LogP contribution in [-0.2, 0) is 9.47 Å². The van der Waals surface area contributed by atoms with Gasteiger partial charge in [-0.3, -0.25) is 0 Å². The number of carbonyl (C=O) groups excluding carboxylic acids is 1. The smallest absolute Gasteiger partial charge is 0.410 e. The van der Waals surface area contributed by atoms with Gasteiger partial charge in [0.25, 0.3) is 0 Å². The van der Waals surface area contributed by atoms with E-state index in [4.69, 9.17) is 9.47 Å². The molecule has 1 amide bonds. The van der Waals surface area contributed by atoms with Crippen LogP contribution in [0.15, 0.2) is 0 Å². The second-order valence-electron chi connectivity index (χ2n) is 5.31. The van der Waals surface area contributed by atoms with Crippen LogP contribution < -0.4 is 0 Å². The van der Waals surface area contributed by atoms with E-state index < -0.39 is 5.60 Å². The van der Waals surface area contributed by atoms with Crippen LogP contribution in [0.25, 0.3) is 0 Å². The summed E-state index contributed by atoms with van der Waals surface area (Å²) in [4.78, 5) is 13.6. The lowest BCUT2D eigenvalue weighted by atomic mass is 10.2. The van der Waals surface area contributed by atoms with E-state index in [1.165, 1.54) is 0 Å². The van der Waals surface area contributed by atoms with Crippen molar-refractivity contribution in [1.82, 2.24) is 4.90 Å². The fourth-order valence-corrected chi connectivity index (χ4v) is 2.55. The maximum absolute atomic E-state index is 11.9. The van der Waals surface area contributed by atoms with Crippen LogP contribution in [0.5, 0.6) is 0 Å². The summed E-state index contributed by atoms with van der Waals surface area (Å²) < 4.78 is 11.4. The SMILES string of the molecule is CCCOC1CN(C(=O)OC(C)(C)C)CC1I. The predicted molar refractivity (Wildman–Crippen MR) is 75.6 cm³/mol. The number of alkyl halides is 1. The molecule has 1 heterocycles. The number of ether oxygens (including phenoxy) is 2. The highest BCUT2D eigenvalue weighted by Gasteiger charge is 2.36. The van der Waals surface area contributed by atoms with Crippen LogP contribution in [0.3, 0.4) is 0 Å². The number of hydrogen-bond acceptors (Lipinski definition) is 3. The summed E-state index contributed by atoms with van der Waals surface area (Å²) in [5.41, 5.74) is -0.430. The lowest BCUT2D eigenvalue weighted by Gasteiger charge is -2.24. The van der Waals surface area contributed by atoms with Crippen LogP contribution in [0.1, 0.15) is 34.1 Å². The molecule has 100 valence electrons. The van der Waals surface area contributed by atoms with E-state index >= 15 is 0 Å². The average molecular weight is 355 g/mol. The van der Waals surface area contributed by atoms with Crippen molar-refractivity contribution in [3.05, 3.63) is 0 Å². The monoisotopic (exact) mass is 355 g/mol. The maximum Gasteiger partial charge on any atom is 0.410 e. The molecular weight excluding hydrogens is 333 g/mol. The predicted octanol–water partition coefficient (Wildman–Crippen LogP) is 2.84. The molecule has 0 aromatic heterocycles. The Morgan fingerprint density at radius 1 is 1.41 bits per heavy atom. The highest BCUT2D eigenvalue weighted by molar-refractivity contribution is 14.1. The van der Waals surface area contributed by atoms with Gasteiger partial charge < -0.3 is 14.4 Å². The first-order valence-corrected chi connectivity index (χ1v) is 7.31. The quantitative estimate of drug-likeness (QED) is 0.577. The van der Waals surface area contributed by atoms with Crippen molar-refractivity contribution in [3.63, 3.8) is 0 Å². The molecular formula is C12H22INO3. The van der Waals surface area contributed by atoms with Crippen LogP contribution in [-0.4, -0.2) is 46.3 Å². The molecule has 2 unspecified atom stereocenters. The summed E-state index contributed by atoms with van der Waals surface area (Å²) >= 11 is 2.35. The number of carbonyl (C=O) groups is 1. The van der Waals surface area contributed by atoms with Crippen molar-refractivity contribution in [3.8, 4) is 0 Å². The van der Waals surface area contributed by atoms with Gasteiger partial charge in [0.05, 0.1) is 16.6 Å². The molecule has 0 N–H and O–H groups in total. The third-order valence-corrected chi connectivity index (χ3v) is 3.58. The summed E-state index contributed by atoms with van der Waals surface area (Å²) in [7, 11) is 0. The van der Waals surface area contributed by atoms with Gasteiger partial charge in [-0.25, -0.2) is 4.79 Å². The van der Waals surface area contributed by atoms with Crippen LogP contribution in [0.2, 0.25) is 0 Å². The van der Waals surface area contributed by atoms with Crippen molar-refractivity contribution in [1.29, 1.82) is 0 Å². The molecule has 0 radical (unpaired) electrons. The Labute approximate surface area is 117 Å². The zero-order valence-corrected chi connectivity index (χ0v) is 13.2. The molecule has 0 aliphatic carbocycles. The standard InChI is InChI=1S/C12H22INO3/c1-5-6-16-10-8-14(7-9(10)13)11(15)17-12(2,3)4/h9-10H,5-8H2,1-4H3. The number of nitrogens with zero attached hydrogens (tertiary/aromatic N) is 1. The van der Waals surface area contributed by atoms with E-state index in [1.807, 2.05) is 20.8 Å². The molecule has 1 aliphatic heterocycles. The van der Waals surface area contributed by atoms with Crippen molar-refractivity contribution < 1.29 is 14.3 Å². The van der Waals surface area contributed by atoms with Gasteiger partial charge in [-0.2, -0.15) is 0 Å². The Morgan fingerprint density at radius 2 is 2.06 bits per heavy atom. The number of rotatable bonds is 3. The van der Waals surface area contributed by atoms with Gasteiger partial charge >= 0.3 is 6.09 Å². The molecule has 0 bridgehead atoms. The first-order chi connectivity index (χ1) is 7.83. The van der Waals surface area contributed by atoms with E-state index in [9.17, 15) is 4.79 Å². The Balaban J connectivity index is 2.45. The Bertz CT molecular complexity index is 265. The van der Waals surface area contributed by atoms with Crippen molar-refractivity contribution in [2.45, 2.75) is 49.7 Å². The van der Waals surface area contributed by atoms with Gasteiger partial charge in [-0.15, -0.1) is 0 Å².